The minimum absolute atomic E-state index is 0.252. The minimum Gasteiger partial charge on any atom is -0.496 e. The molecule has 1 aliphatic rings. The molecule has 2 aromatic carbocycles. The van der Waals surface area contributed by atoms with Gasteiger partial charge in [-0.15, -0.1) is 0 Å². The van der Waals surface area contributed by atoms with Gasteiger partial charge in [-0.3, -0.25) is 14.5 Å². The van der Waals surface area contributed by atoms with E-state index >= 15 is 0 Å². The summed E-state index contributed by atoms with van der Waals surface area (Å²) in [6, 6.07) is 13.3. The van der Waals surface area contributed by atoms with Crippen molar-refractivity contribution in [2.45, 2.75) is 13.5 Å². The van der Waals surface area contributed by atoms with Crippen molar-refractivity contribution >= 4 is 44.9 Å². The van der Waals surface area contributed by atoms with Gasteiger partial charge >= 0.3 is 0 Å². The van der Waals surface area contributed by atoms with E-state index in [4.69, 9.17) is 4.74 Å². The van der Waals surface area contributed by atoms with Gasteiger partial charge < -0.3 is 4.74 Å². The number of benzene rings is 2. The highest BCUT2D eigenvalue weighted by molar-refractivity contribution is 9.10. The van der Waals surface area contributed by atoms with Crippen LogP contribution in [-0.2, 0) is 11.3 Å². The van der Waals surface area contributed by atoms with Gasteiger partial charge in [0.05, 0.1) is 18.6 Å². The van der Waals surface area contributed by atoms with Crippen molar-refractivity contribution in [1.82, 2.24) is 4.90 Å². The summed E-state index contributed by atoms with van der Waals surface area (Å²) in [6.07, 6.45) is 1.73. The lowest BCUT2D eigenvalue weighted by atomic mass is 10.1. The first-order chi connectivity index (χ1) is 12.0. The molecule has 0 aliphatic carbocycles. The normalized spacial score (nSPS) is 16.0. The summed E-state index contributed by atoms with van der Waals surface area (Å²) in [7, 11) is 1.61. The van der Waals surface area contributed by atoms with Crippen molar-refractivity contribution in [2.24, 2.45) is 0 Å². The molecule has 25 heavy (non-hydrogen) atoms. The Morgan fingerprint density at radius 1 is 1.16 bits per heavy atom. The van der Waals surface area contributed by atoms with Crippen LogP contribution < -0.4 is 4.74 Å². The lowest BCUT2D eigenvalue weighted by Gasteiger charge is -2.12. The van der Waals surface area contributed by atoms with E-state index in [1.54, 1.807) is 13.2 Å². The van der Waals surface area contributed by atoms with Gasteiger partial charge in [-0.1, -0.05) is 40.2 Å². The van der Waals surface area contributed by atoms with Crippen LogP contribution >= 0.6 is 27.7 Å². The summed E-state index contributed by atoms with van der Waals surface area (Å²) in [5, 5.41) is -0.252. The van der Waals surface area contributed by atoms with Gasteiger partial charge in [-0.05, 0) is 59.7 Å². The number of hydrogen-bond acceptors (Lipinski definition) is 4. The van der Waals surface area contributed by atoms with Gasteiger partial charge in [0, 0.05) is 4.47 Å². The summed E-state index contributed by atoms with van der Waals surface area (Å²) in [5.41, 5.74) is 2.75. The summed E-state index contributed by atoms with van der Waals surface area (Å²) >= 11 is 4.34. The monoisotopic (exact) mass is 417 g/mol. The molecule has 6 heteroatoms. The third-order valence-corrected chi connectivity index (χ3v) is 5.29. The van der Waals surface area contributed by atoms with E-state index in [0.717, 1.165) is 38.7 Å². The number of rotatable bonds is 4. The van der Waals surface area contributed by atoms with Crippen LogP contribution in [0.2, 0.25) is 0 Å². The first-order valence-electron chi connectivity index (χ1n) is 7.62. The molecule has 0 aromatic heterocycles. The Balaban J connectivity index is 1.82. The zero-order valence-electron chi connectivity index (χ0n) is 13.8. The molecule has 0 atom stereocenters. The second-order valence-corrected chi connectivity index (χ2v) is 7.53. The molecule has 0 bridgehead atoms. The Hall–Kier alpha value is -2.05. The maximum Gasteiger partial charge on any atom is 0.293 e. The molecule has 1 fully saturated rings. The number of carbonyl (C=O) groups is 2. The van der Waals surface area contributed by atoms with Gasteiger partial charge in [0.25, 0.3) is 11.1 Å². The fourth-order valence-electron chi connectivity index (χ4n) is 2.49. The molecule has 4 nitrogen and oxygen atoms in total. The molecular weight excluding hydrogens is 402 g/mol. The summed E-state index contributed by atoms with van der Waals surface area (Å²) in [5.74, 6) is 0.486. The lowest BCUT2D eigenvalue weighted by Crippen LogP contribution is -2.27. The third kappa shape index (κ3) is 3.96. The molecule has 2 amide bonds. The number of carbonyl (C=O) groups excluding carboxylic acids is 2. The van der Waals surface area contributed by atoms with Gasteiger partial charge in [0.15, 0.2) is 0 Å². The van der Waals surface area contributed by atoms with Crippen molar-refractivity contribution in [3.05, 3.63) is 68.5 Å². The lowest BCUT2D eigenvalue weighted by molar-refractivity contribution is -0.123. The van der Waals surface area contributed by atoms with Crippen molar-refractivity contribution in [2.75, 3.05) is 7.11 Å². The Labute approximate surface area is 159 Å². The van der Waals surface area contributed by atoms with Crippen LogP contribution in [0.25, 0.3) is 6.08 Å². The number of hydrogen-bond donors (Lipinski definition) is 0. The predicted octanol–water partition coefficient (Wildman–Crippen LogP) is 5.00. The van der Waals surface area contributed by atoms with E-state index in [1.165, 1.54) is 4.90 Å². The van der Waals surface area contributed by atoms with Crippen LogP contribution in [0.5, 0.6) is 5.75 Å². The average molecular weight is 418 g/mol. The highest BCUT2D eigenvalue weighted by Gasteiger charge is 2.34. The van der Waals surface area contributed by atoms with Crippen LogP contribution in [0.1, 0.15) is 16.7 Å². The molecule has 0 N–H and O–H groups in total. The van der Waals surface area contributed by atoms with E-state index in [0.29, 0.717) is 4.91 Å². The maximum atomic E-state index is 12.6. The number of thioether (sulfide) groups is 1. The fourth-order valence-corrected chi connectivity index (χ4v) is 3.59. The Bertz CT molecular complexity index is 861. The SMILES string of the molecule is COc1cc(/C=C2\SC(=O)N(Cc3ccc(Br)cc3)C2=O)ccc1C. The van der Waals surface area contributed by atoms with E-state index in [1.807, 2.05) is 49.4 Å². The van der Waals surface area contributed by atoms with Gasteiger partial charge in [0.1, 0.15) is 5.75 Å². The third-order valence-electron chi connectivity index (χ3n) is 3.86. The van der Waals surface area contributed by atoms with E-state index in [-0.39, 0.29) is 17.7 Å². The molecule has 0 unspecified atom stereocenters. The van der Waals surface area contributed by atoms with Crippen LogP contribution in [0.15, 0.2) is 51.8 Å². The van der Waals surface area contributed by atoms with Crippen molar-refractivity contribution in [3.63, 3.8) is 0 Å². The van der Waals surface area contributed by atoms with Crippen molar-refractivity contribution in [3.8, 4) is 5.75 Å². The molecule has 1 aliphatic heterocycles. The molecule has 0 saturated carbocycles. The average Bonchev–Trinajstić information content (AvgIpc) is 2.86. The van der Waals surface area contributed by atoms with Crippen molar-refractivity contribution < 1.29 is 14.3 Å². The molecule has 1 saturated heterocycles. The predicted molar refractivity (Wildman–Crippen MR) is 103 cm³/mol. The molecule has 2 aromatic rings. The highest BCUT2D eigenvalue weighted by atomic mass is 79.9. The van der Waals surface area contributed by atoms with Crippen LogP contribution in [0.4, 0.5) is 4.79 Å². The van der Waals surface area contributed by atoms with Crippen LogP contribution in [0, 0.1) is 6.92 Å². The smallest absolute Gasteiger partial charge is 0.293 e. The molecule has 1 heterocycles. The Morgan fingerprint density at radius 2 is 1.88 bits per heavy atom. The van der Waals surface area contributed by atoms with Gasteiger partial charge in [-0.25, -0.2) is 0 Å². The van der Waals surface area contributed by atoms with Crippen LogP contribution in [-0.4, -0.2) is 23.2 Å². The Morgan fingerprint density at radius 3 is 2.56 bits per heavy atom. The first-order valence-corrected chi connectivity index (χ1v) is 9.23. The number of imide groups is 1. The second kappa shape index (κ2) is 7.45. The van der Waals surface area contributed by atoms with Crippen molar-refractivity contribution in [1.29, 1.82) is 0 Å². The largest absolute Gasteiger partial charge is 0.496 e. The zero-order chi connectivity index (χ0) is 18.0. The number of amides is 2. The van der Waals surface area contributed by atoms with Crippen LogP contribution in [0.3, 0.4) is 0 Å². The molecule has 128 valence electrons. The van der Waals surface area contributed by atoms with E-state index in [2.05, 4.69) is 15.9 Å². The number of methoxy groups -OCH3 is 1. The van der Waals surface area contributed by atoms with Gasteiger partial charge in [-0.2, -0.15) is 0 Å². The molecular formula is C19H16BrNO3S. The van der Waals surface area contributed by atoms with E-state index in [9.17, 15) is 9.59 Å². The maximum absolute atomic E-state index is 12.6. The summed E-state index contributed by atoms with van der Waals surface area (Å²) in [4.78, 5) is 26.5. The number of halogens is 1. The standard InChI is InChI=1S/C19H16BrNO3S/c1-12-3-4-14(9-16(12)24-2)10-17-18(22)21(19(23)25-17)11-13-5-7-15(20)8-6-13/h3-10H,11H2,1-2H3/b17-10-. The summed E-state index contributed by atoms with van der Waals surface area (Å²) in [6.45, 7) is 2.22. The number of aryl methyl sites for hydroxylation is 1. The molecule has 0 radical (unpaired) electrons. The minimum atomic E-state index is -0.266. The van der Waals surface area contributed by atoms with E-state index < -0.39 is 0 Å². The van der Waals surface area contributed by atoms with Gasteiger partial charge in [0.2, 0.25) is 0 Å². The quantitative estimate of drug-likeness (QED) is 0.656. The second-order valence-electron chi connectivity index (χ2n) is 5.62. The Kier molecular flexibility index (Phi) is 5.30. The molecule has 3 rings (SSSR count). The first kappa shape index (κ1) is 17.8. The summed E-state index contributed by atoms with van der Waals surface area (Å²) < 4.78 is 6.26. The number of ether oxygens (including phenoxy) is 1. The number of nitrogens with zero attached hydrogens (tertiary/aromatic N) is 1. The zero-order valence-corrected chi connectivity index (χ0v) is 16.2. The topological polar surface area (TPSA) is 46.6 Å². The fraction of sp³-hybridized carbons (Fsp3) is 0.158. The highest BCUT2D eigenvalue weighted by Crippen LogP contribution is 2.34. The molecule has 0 spiro atoms.